The number of alkyl halides is 3. The second kappa shape index (κ2) is 6.88. The molecule has 2 atom stereocenters. The van der Waals surface area contributed by atoms with Crippen LogP contribution >= 0.6 is 0 Å². The number of hydrogen-bond acceptors (Lipinski definition) is 3. The number of anilines is 1. The number of benzene rings is 1. The Bertz CT molecular complexity index is 940. The second-order valence-corrected chi connectivity index (χ2v) is 6.46. The fraction of sp³-hybridized carbons (Fsp3) is 0.353. The zero-order valence-electron chi connectivity index (χ0n) is 14.7. The first-order valence-corrected chi connectivity index (χ1v) is 8.11. The smallest absolute Gasteiger partial charge is 0.344 e. The Labute approximate surface area is 155 Å². The molecule has 11 heteroatoms. The van der Waals surface area contributed by atoms with E-state index in [9.17, 15) is 31.5 Å². The maximum absolute atomic E-state index is 13.8. The SMILES string of the molecule is CN1C[C@H](c2cnn(C)c2C(F)(F)F)[C@@H](C(=O)Nc2cccc(F)c2F)C1=O. The van der Waals surface area contributed by atoms with Crippen LogP contribution in [0.4, 0.5) is 27.6 Å². The summed E-state index contributed by atoms with van der Waals surface area (Å²) in [5, 5.41) is 5.71. The second-order valence-electron chi connectivity index (χ2n) is 6.46. The third-order valence-electron chi connectivity index (χ3n) is 4.64. The fourth-order valence-corrected chi connectivity index (χ4v) is 3.36. The lowest BCUT2D eigenvalue weighted by atomic mass is 9.87. The monoisotopic (exact) mass is 402 g/mol. The molecule has 1 aromatic carbocycles. The summed E-state index contributed by atoms with van der Waals surface area (Å²) in [4.78, 5) is 26.2. The van der Waals surface area contributed by atoms with Crippen molar-refractivity contribution in [3.05, 3.63) is 47.3 Å². The number of amides is 2. The van der Waals surface area contributed by atoms with Crippen LogP contribution in [0.1, 0.15) is 17.2 Å². The zero-order chi connectivity index (χ0) is 20.8. The van der Waals surface area contributed by atoms with Gasteiger partial charge in [-0.1, -0.05) is 6.07 Å². The van der Waals surface area contributed by atoms with E-state index in [-0.39, 0.29) is 12.1 Å². The average molecular weight is 402 g/mol. The average Bonchev–Trinajstić information content (AvgIpc) is 3.12. The summed E-state index contributed by atoms with van der Waals surface area (Å²) in [5.74, 6) is -6.99. The molecule has 2 heterocycles. The Morgan fingerprint density at radius 2 is 1.93 bits per heavy atom. The number of likely N-dealkylation sites (tertiary alicyclic amines) is 1. The Morgan fingerprint density at radius 1 is 1.25 bits per heavy atom. The number of aromatic nitrogens is 2. The third kappa shape index (κ3) is 3.32. The maximum Gasteiger partial charge on any atom is 0.433 e. The number of aryl methyl sites for hydroxylation is 1. The number of carbonyl (C=O) groups is 2. The summed E-state index contributed by atoms with van der Waals surface area (Å²) in [6.07, 6.45) is -3.79. The molecule has 0 radical (unpaired) electrons. The van der Waals surface area contributed by atoms with Crippen molar-refractivity contribution in [2.24, 2.45) is 13.0 Å². The minimum absolute atomic E-state index is 0.155. The van der Waals surface area contributed by atoms with Crippen LogP contribution in [0.15, 0.2) is 24.4 Å². The van der Waals surface area contributed by atoms with E-state index in [0.717, 1.165) is 36.3 Å². The van der Waals surface area contributed by atoms with Crippen molar-refractivity contribution in [2.75, 3.05) is 18.9 Å². The third-order valence-corrected chi connectivity index (χ3v) is 4.64. The van der Waals surface area contributed by atoms with Crippen molar-refractivity contribution in [1.82, 2.24) is 14.7 Å². The highest BCUT2D eigenvalue weighted by atomic mass is 19.4. The first-order chi connectivity index (χ1) is 13.0. The molecule has 1 aromatic heterocycles. The van der Waals surface area contributed by atoms with Crippen LogP contribution in [-0.2, 0) is 22.8 Å². The first kappa shape index (κ1) is 19.8. The van der Waals surface area contributed by atoms with Crippen molar-refractivity contribution in [3.8, 4) is 0 Å². The number of carbonyl (C=O) groups excluding carboxylic acids is 2. The summed E-state index contributed by atoms with van der Waals surface area (Å²) in [6, 6.07) is 3.07. The van der Waals surface area contributed by atoms with Gasteiger partial charge < -0.3 is 10.2 Å². The van der Waals surface area contributed by atoms with Crippen molar-refractivity contribution in [3.63, 3.8) is 0 Å². The van der Waals surface area contributed by atoms with Crippen LogP contribution in [0.3, 0.4) is 0 Å². The molecular weight excluding hydrogens is 387 g/mol. The van der Waals surface area contributed by atoms with E-state index in [1.165, 1.54) is 7.05 Å². The number of hydrogen-bond donors (Lipinski definition) is 1. The lowest BCUT2D eigenvalue weighted by Crippen LogP contribution is -2.33. The molecule has 1 saturated heterocycles. The van der Waals surface area contributed by atoms with Crippen molar-refractivity contribution in [2.45, 2.75) is 12.1 Å². The van der Waals surface area contributed by atoms with Crippen molar-refractivity contribution in [1.29, 1.82) is 0 Å². The normalized spacial score (nSPS) is 20.0. The zero-order valence-corrected chi connectivity index (χ0v) is 14.7. The molecule has 2 amide bonds. The Kier molecular flexibility index (Phi) is 4.86. The number of nitrogens with zero attached hydrogens (tertiary/aromatic N) is 3. The lowest BCUT2D eigenvalue weighted by Gasteiger charge is -2.18. The van der Waals surface area contributed by atoms with Crippen LogP contribution in [0.2, 0.25) is 0 Å². The predicted octanol–water partition coefficient (Wildman–Crippen LogP) is 2.53. The topological polar surface area (TPSA) is 67.2 Å². The molecule has 1 fully saturated rings. The summed E-state index contributed by atoms with van der Waals surface area (Å²) in [5.41, 5.74) is -1.89. The molecule has 0 bridgehead atoms. The van der Waals surface area contributed by atoms with Gasteiger partial charge in [0.1, 0.15) is 11.6 Å². The summed E-state index contributed by atoms with van der Waals surface area (Å²) >= 11 is 0. The minimum Gasteiger partial charge on any atom is -0.344 e. The predicted molar refractivity (Wildman–Crippen MR) is 87.1 cm³/mol. The highest BCUT2D eigenvalue weighted by Crippen LogP contribution is 2.41. The van der Waals surface area contributed by atoms with Gasteiger partial charge >= 0.3 is 6.18 Å². The molecule has 1 aliphatic heterocycles. The van der Waals surface area contributed by atoms with Crippen LogP contribution in [0.5, 0.6) is 0 Å². The largest absolute Gasteiger partial charge is 0.433 e. The first-order valence-electron chi connectivity index (χ1n) is 8.11. The maximum atomic E-state index is 13.8. The molecule has 0 spiro atoms. The highest BCUT2D eigenvalue weighted by Gasteiger charge is 2.49. The number of halogens is 5. The minimum atomic E-state index is -4.75. The van der Waals surface area contributed by atoms with E-state index >= 15 is 0 Å². The van der Waals surface area contributed by atoms with E-state index in [2.05, 4.69) is 10.4 Å². The highest BCUT2D eigenvalue weighted by molar-refractivity contribution is 6.08. The van der Waals surface area contributed by atoms with Crippen LogP contribution in [0, 0.1) is 17.6 Å². The molecule has 0 unspecified atom stereocenters. The molecule has 2 aromatic rings. The number of rotatable bonds is 3. The van der Waals surface area contributed by atoms with Gasteiger partial charge in [0, 0.05) is 32.1 Å². The molecule has 6 nitrogen and oxygen atoms in total. The summed E-state index contributed by atoms with van der Waals surface area (Å²) < 4.78 is 68.0. The summed E-state index contributed by atoms with van der Waals surface area (Å²) in [7, 11) is 2.44. The van der Waals surface area contributed by atoms with Gasteiger partial charge in [-0.05, 0) is 12.1 Å². The Balaban J connectivity index is 1.98. The van der Waals surface area contributed by atoms with Gasteiger partial charge in [0.2, 0.25) is 11.8 Å². The van der Waals surface area contributed by atoms with E-state index < -0.39 is 52.8 Å². The fourth-order valence-electron chi connectivity index (χ4n) is 3.36. The van der Waals surface area contributed by atoms with Gasteiger partial charge in [0.15, 0.2) is 11.6 Å². The Morgan fingerprint density at radius 3 is 2.57 bits per heavy atom. The molecule has 1 aliphatic rings. The van der Waals surface area contributed by atoms with Gasteiger partial charge in [-0.15, -0.1) is 0 Å². The van der Waals surface area contributed by atoms with E-state index in [0.29, 0.717) is 4.68 Å². The quantitative estimate of drug-likeness (QED) is 0.634. The van der Waals surface area contributed by atoms with Gasteiger partial charge in [-0.3, -0.25) is 14.3 Å². The van der Waals surface area contributed by atoms with Crippen LogP contribution in [0.25, 0.3) is 0 Å². The van der Waals surface area contributed by atoms with E-state index in [1.54, 1.807) is 0 Å². The molecule has 0 saturated carbocycles. The van der Waals surface area contributed by atoms with Gasteiger partial charge in [0.25, 0.3) is 0 Å². The molecular formula is C17H15F5N4O2. The molecule has 3 rings (SSSR count). The van der Waals surface area contributed by atoms with Crippen LogP contribution < -0.4 is 5.32 Å². The van der Waals surface area contributed by atoms with Gasteiger partial charge in [0.05, 0.1) is 11.9 Å². The lowest BCUT2D eigenvalue weighted by molar-refractivity contribution is -0.145. The molecule has 28 heavy (non-hydrogen) atoms. The molecule has 0 aliphatic carbocycles. The Hall–Kier alpha value is -2.98. The summed E-state index contributed by atoms with van der Waals surface area (Å²) in [6.45, 7) is -0.155. The molecule has 150 valence electrons. The van der Waals surface area contributed by atoms with Crippen LogP contribution in [-0.4, -0.2) is 40.1 Å². The van der Waals surface area contributed by atoms with Gasteiger partial charge in [-0.2, -0.15) is 18.3 Å². The van der Waals surface area contributed by atoms with E-state index in [1.807, 2.05) is 0 Å². The van der Waals surface area contributed by atoms with E-state index in [4.69, 9.17) is 0 Å². The molecule has 1 N–H and O–H groups in total. The van der Waals surface area contributed by atoms with Crippen molar-refractivity contribution < 1.29 is 31.5 Å². The van der Waals surface area contributed by atoms with Crippen molar-refractivity contribution >= 4 is 17.5 Å². The van der Waals surface area contributed by atoms with Gasteiger partial charge in [-0.25, -0.2) is 8.78 Å². The number of likely N-dealkylation sites (N-methyl/N-ethyl adjacent to an activating group) is 1. The standard InChI is InChI=1S/C17H15F5N4O2/c1-25-7-9(8-6-23-26(2)14(8)17(20,21)22)12(16(25)28)15(27)24-11-5-3-4-10(18)13(11)19/h3-6,9,12H,7H2,1-2H3,(H,24,27)/t9-,12+/m1/s1. The number of nitrogens with one attached hydrogen (secondary N) is 1.